The molecule has 27 heavy (non-hydrogen) atoms. The number of benzene rings is 2. The second kappa shape index (κ2) is 8.16. The monoisotopic (exact) mass is 365 g/mol. The Kier molecular flexibility index (Phi) is 5.69. The molecular formula is C22H23NO4. The van der Waals surface area contributed by atoms with Crippen molar-refractivity contribution in [2.24, 2.45) is 4.99 Å². The minimum atomic E-state index is -1.67. The van der Waals surface area contributed by atoms with Gasteiger partial charge < -0.3 is 9.47 Å². The van der Waals surface area contributed by atoms with Crippen LogP contribution in [0.5, 0.6) is 0 Å². The van der Waals surface area contributed by atoms with E-state index in [-0.39, 0.29) is 19.6 Å². The summed E-state index contributed by atoms with van der Waals surface area (Å²) in [5, 5.41) is 0. The second-order valence-electron chi connectivity index (χ2n) is 6.38. The summed E-state index contributed by atoms with van der Waals surface area (Å²) >= 11 is 0. The zero-order valence-corrected chi connectivity index (χ0v) is 15.6. The maximum absolute atomic E-state index is 12.7. The topological polar surface area (TPSA) is 65.0 Å². The molecule has 140 valence electrons. The molecule has 0 spiro atoms. The number of carbonyl (C=O) groups is 2. The molecule has 1 heterocycles. The van der Waals surface area contributed by atoms with Crippen LogP contribution in [0, 0.1) is 0 Å². The van der Waals surface area contributed by atoms with Gasteiger partial charge in [-0.3, -0.25) is 4.99 Å². The minimum absolute atomic E-state index is 0.138. The predicted octanol–water partition coefficient (Wildman–Crippen LogP) is 3.12. The Morgan fingerprint density at radius 1 is 0.963 bits per heavy atom. The van der Waals surface area contributed by atoms with Crippen molar-refractivity contribution in [3.8, 4) is 0 Å². The molecule has 0 N–H and O–H groups in total. The average Bonchev–Trinajstić information content (AvgIpc) is 2.69. The van der Waals surface area contributed by atoms with Crippen molar-refractivity contribution in [2.45, 2.75) is 32.2 Å². The molecule has 0 atom stereocenters. The van der Waals surface area contributed by atoms with Gasteiger partial charge >= 0.3 is 11.9 Å². The molecule has 0 aromatic heterocycles. The van der Waals surface area contributed by atoms with Crippen LogP contribution < -0.4 is 0 Å². The summed E-state index contributed by atoms with van der Waals surface area (Å²) in [5.41, 5.74) is 2.38. The Morgan fingerprint density at radius 3 is 2.26 bits per heavy atom. The fraction of sp³-hybridized carbons (Fsp3) is 0.318. The number of nitrogens with zero attached hydrogens (tertiary/aromatic N) is 1. The zero-order chi connectivity index (χ0) is 19.3. The Bertz CT molecular complexity index is 840. The smallest absolute Gasteiger partial charge is 0.346 e. The second-order valence-corrected chi connectivity index (χ2v) is 6.38. The van der Waals surface area contributed by atoms with Crippen LogP contribution in [-0.4, -0.2) is 36.9 Å². The number of aliphatic imine (C=N–C) groups is 1. The fourth-order valence-corrected chi connectivity index (χ4v) is 3.29. The van der Waals surface area contributed by atoms with Crippen molar-refractivity contribution < 1.29 is 19.1 Å². The van der Waals surface area contributed by atoms with Gasteiger partial charge in [-0.1, -0.05) is 48.5 Å². The lowest BCUT2D eigenvalue weighted by atomic mass is 9.83. The van der Waals surface area contributed by atoms with Gasteiger partial charge in [0.1, 0.15) is 0 Å². The molecule has 0 bridgehead atoms. The molecule has 5 nitrogen and oxygen atoms in total. The summed E-state index contributed by atoms with van der Waals surface area (Å²) in [4.78, 5) is 29.7. The average molecular weight is 365 g/mol. The van der Waals surface area contributed by atoms with Gasteiger partial charge in [-0.2, -0.15) is 0 Å². The number of hydrogen-bond acceptors (Lipinski definition) is 5. The Morgan fingerprint density at radius 2 is 1.63 bits per heavy atom. The highest BCUT2D eigenvalue weighted by Gasteiger charge is 2.50. The highest BCUT2D eigenvalue weighted by Crippen LogP contribution is 2.31. The van der Waals surface area contributed by atoms with Crippen LogP contribution in [0.1, 0.15) is 36.1 Å². The molecule has 5 heteroatoms. The van der Waals surface area contributed by atoms with E-state index in [9.17, 15) is 9.59 Å². The number of hydrogen-bond donors (Lipinski definition) is 0. The zero-order valence-electron chi connectivity index (χ0n) is 15.6. The highest BCUT2D eigenvalue weighted by molar-refractivity contribution is 6.08. The molecule has 1 aliphatic rings. The fourth-order valence-electron chi connectivity index (χ4n) is 3.29. The molecular weight excluding hydrogens is 342 g/mol. The van der Waals surface area contributed by atoms with Crippen LogP contribution in [0.2, 0.25) is 0 Å². The largest absolute Gasteiger partial charge is 0.464 e. The van der Waals surface area contributed by atoms with Crippen molar-refractivity contribution >= 4 is 18.2 Å². The molecule has 3 rings (SSSR count). The Balaban J connectivity index is 2.01. The maximum atomic E-state index is 12.7. The molecule has 0 saturated heterocycles. The molecule has 1 aliphatic heterocycles. The third-order valence-corrected chi connectivity index (χ3v) is 4.63. The first kappa shape index (κ1) is 18.8. The van der Waals surface area contributed by atoms with Gasteiger partial charge in [0.25, 0.3) is 5.54 Å². The molecule has 0 aliphatic carbocycles. The van der Waals surface area contributed by atoms with Gasteiger partial charge in [-0.15, -0.1) is 0 Å². The predicted molar refractivity (Wildman–Crippen MR) is 103 cm³/mol. The first-order chi connectivity index (χ1) is 13.1. The third kappa shape index (κ3) is 3.77. The van der Waals surface area contributed by atoms with Crippen LogP contribution in [0.3, 0.4) is 0 Å². The van der Waals surface area contributed by atoms with Crippen LogP contribution in [0.25, 0.3) is 0 Å². The quantitative estimate of drug-likeness (QED) is 0.583. The summed E-state index contributed by atoms with van der Waals surface area (Å²) in [5.74, 6) is -1.33. The summed E-state index contributed by atoms with van der Waals surface area (Å²) < 4.78 is 10.3. The first-order valence-corrected chi connectivity index (χ1v) is 9.15. The van der Waals surface area contributed by atoms with E-state index in [1.165, 1.54) is 0 Å². The number of esters is 2. The van der Waals surface area contributed by atoms with Crippen LogP contribution >= 0.6 is 0 Å². The summed E-state index contributed by atoms with van der Waals surface area (Å²) in [6.07, 6.45) is 2.43. The SMILES string of the molecule is CCOC(=O)C1(C(=O)OCC)Cc2c(cccc2Cc2ccccc2)C=N1. The first-order valence-electron chi connectivity index (χ1n) is 9.15. The van der Waals surface area contributed by atoms with Gasteiger partial charge in [0, 0.05) is 12.6 Å². The van der Waals surface area contributed by atoms with E-state index < -0.39 is 17.5 Å². The number of carbonyl (C=O) groups excluding carboxylic acids is 2. The summed E-state index contributed by atoms with van der Waals surface area (Å²) in [6.45, 7) is 3.76. The molecule has 2 aromatic rings. The van der Waals surface area contributed by atoms with Crippen LogP contribution in [0.4, 0.5) is 0 Å². The van der Waals surface area contributed by atoms with Crippen molar-refractivity contribution in [3.05, 3.63) is 70.8 Å². The van der Waals surface area contributed by atoms with Crippen LogP contribution in [0.15, 0.2) is 53.5 Å². The minimum Gasteiger partial charge on any atom is -0.464 e. The lowest BCUT2D eigenvalue weighted by Gasteiger charge is -2.30. The van der Waals surface area contributed by atoms with Gasteiger partial charge in [-0.25, -0.2) is 9.59 Å². The van der Waals surface area contributed by atoms with Gasteiger partial charge in [-0.05, 0) is 42.5 Å². The lowest BCUT2D eigenvalue weighted by Crippen LogP contribution is -2.51. The van der Waals surface area contributed by atoms with E-state index in [1.54, 1.807) is 20.1 Å². The summed E-state index contributed by atoms with van der Waals surface area (Å²) in [6, 6.07) is 16.0. The Hall–Kier alpha value is -2.95. The van der Waals surface area contributed by atoms with Crippen molar-refractivity contribution in [1.82, 2.24) is 0 Å². The van der Waals surface area contributed by atoms with E-state index in [0.29, 0.717) is 6.42 Å². The molecule has 0 fully saturated rings. The maximum Gasteiger partial charge on any atom is 0.346 e. The van der Waals surface area contributed by atoms with E-state index in [1.807, 2.05) is 36.4 Å². The van der Waals surface area contributed by atoms with Crippen molar-refractivity contribution in [3.63, 3.8) is 0 Å². The molecule has 2 aromatic carbocycles. The van der Waals surface area contributed by atoms with E-state index in [0.717, 1.165) is 22.3 Å². The van der Waals surface area contributed by atoms with Crippen LogP contribution in [-0.2, 0) is 31.9 Å². The number of rotatable bonds is 6. The molecule has 0 amide bonds. The van der Waals surface area contributed by atoms with Gasteiger partial charge in [0.2, 0.25) is 0 Å². The van der Waals surface area contributed by atoms with Gasteiger partial charge in [0.05, 0.1) is 13.2 Å². The normalized spacial score (nSPS) is 14.3. The highest BCUT2D eigenvalue weighted by atomic mass is 16.6. The lowest BCUT2D eigenvalue weighted by molar-refractivity contribution is -0.163. The number of ether oxygens (including phenoxy) is 2. The van der Waals surface area contributed by atoms with E-state index in [2.05, 4.69) is 17.1 Å². The third-order valence-electron chi connectivity index (χ3n) is 4.63. The van der Waals surface area contributed by atoms with Crippen molar-refractivity contribution in [1.29, 1.82) is 0 Å². The standard InChI is InChI=1S/C22H23NO4/c1-3-26-20(24)22(21(25)27-4-2)14-19-17(11-8-12-18(19)15-23-22)13-16-9-6-5-7-10-16/h5-12,15H,3-4,13-14H2,1-2H3. The number of fused-ring (bicyclic) bond motifs is 1. The van der Waals surface area contributed by atoms with E-state index in [4.69, 9.17) is 9.47 Å². The van der Waals surface area contributed by atoms with Gasteiger partial charge in [0.15, 0.2) is 0 Å². The Labute approximate surface area is 159 Å². The molecule has 0 saturated carbocycles. The van der Waals surface area contributed by atoms with E-state index >= 15 is 0 Å². The molecule has 0 radical (unpaired) electrons. The molecule has 0 unspecified atom stereocenters. The van der Waals surface area contributed by atoms with Crippen molar-refractivity contribution in [2.75, 3.05) is 13.2 Å². The summed E-state index contributed by atoms with van der Waals surface area (Å²) in [7, 11) is 0.